The lowest BCUT2D eigenvalue weighted by Gasteiger charge is -2.43. The Morgan fingerprint density at radius 1 is 1.10 bits per heavy atom. The standard InChI is InChI=1S/C25H26N4O2/c1-28(2)29-21-13-18(16-8-5-4-6-9-16)14-22(30)24(21)23(20(15-26)25(29)27)17-10-7-11-19(12-17)31-3/h4-12,18,23H,13-14,27H2,1-3H3. The fraction of sp³-hybridized carbons (Fsp3) is 0.280. The van der Waals surface area contributed by atoms with Gasteiger partial charge in [-0.2, -0.15) is 5.26 Å². The lowest BCUT2D eigenvalue weighted by Crippen LogP contribution is -2.46. The molecular formula is C25H26N4O2. The Bertz CT molecular complexity index is 1110. The number of Topliss-reactive ketones (excluding diaryl/α,β-unsaturated/α-hetero) is 1. The number of benzene rings is 2. The second kappa shape index (κ2) is 8.29. The van der Waals surface area contributed by atoms with Crippen molar-refractivity contribution in [1.82, 2.24) is 10.0 Å². The summed E-state index contributed by atoms with van der Waals surface area (Å²) in [7, 11) is 5.34. The zero-order valence-electron chi connectivity index (χ0n) is 18.0. The average Bonchev–Trinajstić information content (AvgIpc) is 2.78. The van der Waals surface area contributed by atoms with E-state index < -0.39 is 5.92 Å². The lowest BCUT2D eigenvalue weighted by atomic mass is 9.72. The van der Waals surface area contributed by atoms with E-state index in [0.717, 1.165) is 16.8 Å². The highest BCUT2D eigenvalue weighted by Gasteiger charge is 2.43. The van der Waals surface area contributed by atoms with E-state index in [-0.39, 0.29) is 11.7 Å². The summed E-state index contributed by atoms with van der Waals surface area (Å²) >= 11 is 0. The number of hydrazine groups is 1. The van der Waals surface area contributed by atoms with E-state index in [1.165, 1.54) is 0 Å². The number of nitrogens with two attached hydrogens (primary N) is 1. The minimum Gasteiger partial charge on any atom is -0.497 e. The summed E-state index contributed by atoms with van der Waals surface area (Å²) < 4.78 is 5.39. The van der Waals surface area contributed by atoms with Crippen molar-refractivity contribution >= 4 is 5.78 Å². The van der Waals surface area contributed by atoms with Crippen molar-refractivity contribution in [1.29, 1.82) is 5.26 Å². The molecule has 158 valence electrons. The van der Waals surface area contributed by atoms with Gasteiger partial charge in [-0.25, -0.2) is 5.01 Å². The molecule has 0 radical (unpaired) electrons. The molecule has 0 fully saturated rings. The normalized spacial score (nSPS) is 21.3. The highest BCUT2D eigenvalue weighted by Crippen LogP contribution is 2.48. The molecule has 6 heteroatoms. The van der Waals surface area contributed by atoms with Gasteiger partial charge in [0.1, 0.15) is 11.6 Å². The molecule has 0 saturated heterocycles. The number of allylic oxidation sites excluding steroid dienone is 3. The zero-order valence-corrected chi connectivity index (χ0v) is 18.0. The van der Waals surface area contributed by atoms with E-state index in [1.807, 2.05) is 66.6 Å². The Morgan fingerprint density at radius 2 is 1.81 bits per heavy atom. The molecule has 0 saturated carbocycles. The molecule has 6 nitrogen and oxygen atoms in total. The fourth-order valence-corrected chi connectivity index (χ4v) is 4.68. The molecule has 2 N–H and O–H groups in total. The second-order valence-corrected chi connectivity index (χ2v) is 8.08. The summed E-state index contributed by atoms with van der Waals surface area (Å²) in [6.07, 6.45) is 1.08. The van der Waals surface area contributed by atoms with Crippen LogP contribution in [-0.4, -0.2) is 37.0 Å². The van der Waals surface area contributed by atoms with Crippen molar-refractivity contribution in [3.63, 3.8) is 0 Å². The van der Waals surface area contributed by atoms with Crippen LogP contribution in [0.3, 0.4) is 0 Å². The third-order valence-corrected chi connectivity index (χ3v) is 6.04. The smallest absolute Gasteiger partial charge is 0.162 e. The van der Waals surface area contributed by atoms with Gasteiger partial charge >= 0.3 is 0 Å². The summed E-state index contributed by atoms with van der Waals surface area (Å²) in [6, 6.07) is 19.9. The van der Waals surface area contributed by atoms with Crippen LogP contribution >= 0.6 is 0 Å². The van der Waals surface area contributed by atoms with Crippen molar-refractivity contribution in [3.05, 3.63) is 88.4 Å². The largest absolute Gasteiger partial charge is 0.497 e. The molecule has 1 aliphatic carbocycles. The number of ether oxygens (including phenoxy) is 1. The van der Waals surface area contributed by atoms with Gasteiger partial charge < -0.3 is 10.5 Å². The van der Waals surface area contributed by atoms with Gasteiger partial charge in [0.25, 0.3) is 0 Å². The van der Waals surface area contributed by atoms with E-state index in [1.54, 1.807) is 7.11 Å². The summed E-state index contributed by atoms with van der Waals surface area (Å²) in [6.45, 7) is 0. The molecule has 2 atom stereocenters. The van der Waals surface area contributed by atoms with E-state index in [0.29, 0.717) is 35.6 Å². The van der Waals surface area contributed by atoms with Gasteiger partial charge in [0.05, 0.1) is 24.7 Å². The minimum atomic E-state index is -0.504. The Balaban J connectivity index is 1.90. The van der Waals surface area contributed by atoms with Gasteiger partial charge in [0, 0.05) is 31.8 Å². The average molecular weight is 415 g/mol. The Morgan fingerprint density at radius 3 is 2.45 bits per heavy atom. The number of nitrogens with zero attached hydrogens (tertiary/aromatic N) is 3. The first-order chi connectivity index (χ1) is 15.0. The predicted molar refractivity (Wildman–Crippen MR) is 119 cm³/mol. The molecule has 2 aromatic rings. The lowest BCUT2D eigenvalue weighted by molar-refractivity contribution is -0.117. The Kier molecular flexibility index (Phi) is 5.53. The van der Waals surface area contributed by atoms with Crippen molar-refractivity contribution in [3.8, 4) is 11.8 Å². The van der Waals surface area contributed by atoms with Crippen LogP contribution in [0.1, 0.15) is 35.8 Å². The zero-order chi connectivity index (χ0) is 22.1. The molecular weight excluding hydrogens is 388 g/mol. The maximum absolute atomic E-state index is 13.6. The molecule has 0 amide bonds. The van der Waals surface area contributed by atoms with Gasteiger partial charge in [0.15, 0.2) is 5.78 Å². The van der Waals surface area contributed by atoms with Crippen LogP contribution in [0, 0.1) is 11.3 Å². The number of nitriles is 1. The molecule has 31 heavy (non-hydrogen) atoms. The maximum Gasteiger partial charge on any atom is 0.162 e. The van der Waals surface area contributed by atoms with Crippen LogP contribution < -0.4 is 10.5 Å². The molecule has 2 aromatic carbocycles. The van der Waals surface area contributed by atoms with E-state index in [4.69, 9.17) is 10.5 Å². The van der Waals surface area contributed by atoms with Gasteiger partial charge in [-0.05, 0) is 35.6 Å². The van der Waals surface area contributed by atoms with Gasteiger partial charge in [-0.15, -0.1) is 0 Å². The molecule has 0 aromatic heterocycles. The SMILES string of the molecule is COc1cccc(C2C(C#N)=C(N)N(N(C)C)C3=C2C(=O)CC(c2ccccc2)C3)c1. The first-order valence-electron chi connectivity index (χ1n) is 10.3. The molecule has 0 spiro atoms. The van der Waals surface area contributed by atoms with Crippen molar-refractivity contribution in [2.75, 3.05) is 21.2 Å². The van der Waals surface area contributed by atoms with Gasteiger partial charge in [-0.3, -0.25) is 9.80 Å². The summed E-state index contributed by atoms with van der Waals surface area (Å²) in [5.74, 6) is 0.652. The van der Waals surface area contributed by atoms with E-state index in [2.05, 4.69) is 18.2 Å². The van der Waals surface area contributed by atoms with Crippen LogP contribution in [-0.2, 0) is 4.79 Å². The van der Waals surface area contributed by atoms with E-state index in [9.17, 15) is 10.1 Å². The monoisotopic (exact) mass is 414 g/mol. The first-order valence-corrected chi connectivity index (χ1v) is 10.3. The number of methoxy groups -OCH3 is 1. The van der Waals surface area contributed by atoms with Crippen molar-refractivity contribution in [2.45, 2.75) is 24.7 Å². The van der Waals surface area contributed by atoms with Gasteiger partial charge in [-0.1, -0.05) is 42.5 Å². The van der Waals surface area contributed by atoms with Gasteiger partial charge in [0.2, 0.25) is 0 Å². The van der Waals surface area contributed by atoms with E-state index >= 15 is 0 Å². The third kappa shape index (κ3) is 3.58. The van der Waals surface area contributed by atoms with Crippen LogP contribution in [0.25, 0.3) is 0 Å². The molecule has 4 rings (SSSR count). The van der Waals surface area contributed by atoms with Crippen LogP contribution in [0.15, 0.2) is 77.3 Å². The second-order valence-electron chi connectivity index (χ2n) is 8.08. The first kappa shape index (κ1) is 20.7. The molecule has 1 aliphatic heterocycles. The van der Waals surface area contributed by atoms with Crippen LogP contribution in [0.2, 0.25) is 0 Å². The van der Waals surface area contributed by atoms with Crippen LogP contribution in [0.5, 0.6) is 5.75 Å². The number of rotatable bonds is 4. The fourth-order valence-electron chi connectivity index (χ4n) is 4.68. The topological polar surface area (TPSA) is 82.6 Å². The summed E-state index contributed by atoms with van der Waals surface area (Å²) in [5, 5.41) is 13.7. The number of ketones is 1. The molecule has 2 aliphatic rings. The highest BCUT2D eigenvalue weighted by molar-refractivity contribution is 6.00. The predicted octanol–water partition coefficient (Wildman–Crippen LogP) is 3.67. The number of hydrogen-bond acceptors (Lipinski definition) is 6. The van der Waals surface area contributed by atoms with Crippen molar-refractivity contribution in [2.24, 2.45) is 5.73 Å². The third-order valence-electron chi connectivity index (χ3n) is 6.04. The number of hydrogen-bond donors (Lipinski definition) is 1. The van der Waals surface area contributed by atoms with Crippen LogP contribution in [0.4, 0.5) is 0 Å². The molecule has 2 unspecified atom stereocenters. The summed E-state index contributed by atoms with van der Waals surface area (Å²) in [5.41, 5.74) is 10.4. The minimum absolute atomic E-state index is 0.0509. The highest BCUT2D eigenvalue weighted by atomic mass is 16.5. The molecule has 1 heterocycles. The summed E-state index contributed by atoms with van der Waals surface area (Å²) in [4.78, 5) is 13.6. The maximum atomic E-state index is 13.6. The quantitative estimate of drug-likeness (QED) is 0.822. The molecule has 0 bridgehead atoms. The Hall–Kier alpha value is -3.56. The number of carbonyl (C=O) groups is 1. The number of carbonyl (C=O) groups excluding carboxylic acids is 1. The Labute approximate surface area is 182 Å². The van der Waals surface area contributed by atoms with Crippen molar-refractivity contribution < 1.29 is 9.53 Å².